The van der Waals surface area contributed by atoms with E-state index in [0.29, 0.717) is 27.6 Å². The molecule has 0 heterocycles. The van der Waals surface area contributed by atoms with Crippen molar-refractivity contribution in [2.24, 2.45) is 5.10 Å². The molecule has 2 aromatic rings. The molecule has 2 aromatic carbocycles. The normalized spacial score (nSPS) is 10.6. The Morgan fingerprint density at radius 3 is 2.65 bits per heavy atom. The monoisotopic (exact) mass is 332 g/mol. The number of hydrogen-bond donors (Lipinski definition) is 1. The Bertz CT molecular complexity index is 745. The third-order valence-corrected chi connectivity index (χ3v) is 3.49. The van der Waals surface area contributed by atoms with Gasteiger partial charge < -0.3 is 9.47 Å². The van der Waals surface area contributed by atoms with Crippen LogP contribution in [0.15, 0.2) is 41.5 Å². The van der Waals surface area contributed by atoms with Gasteiger partial charge in [0.05, 0.1) is 31.0 Å². The minimum atomic E-state index is -0.381. The smallest absolute Gasteiger partial charge is 0.272 e. The molecule has 0 saturated heterocycles. The number of nitrogens with zero attached hydrogens (tertiary/aromatic N) is 1. The van der Waals surface area contributed by atoms with Crippen LogP contribution in [0.25, 0.3) is 0 Å². The number of ether oxygens (including phenoxy) is 2. The molecular formula is C17H17ClN2O3. The molecule has 0 atom stereocenters. The number of para-hydroxylation sites is 1. The van der Waals surface area contributed by atoms with E-state index in [-0.39, 0.29) is 5.91 Å². The zero-order chi connectivity index (χ0) is 16.8. The van der Waals surface area contributed by atoms with E-state index in [4.69, 9.17) is 21.1 Å². The van der Waals surface area contributed by atoms with Crippen LogP contribution in [0, 0.1) is 6.92 Å². The fourth-order valence-corrected chi connectivity index (χ4v) is 2.36. The molecule has 6 heteroatoms. The Kier molecular flexibility index (Phi) is 5.60. The van der Waals surface area contributed by atoms with E-state index in [1.54, 1.807) is 44.6 Å². The number of hydrogen-bond acceptors (Lipinski definition) is 4. The maximum atomic E-state index is 12.1. The highest BCUT2D eigenvalue weighted by Gasteiger charge is 2.10. The predicted molar refractivity (Wildman–Crippen MR) is 90.8 cm³/mol. The summed E-state index contributed by atoms with van der Waals surface area (Å²) < 4.78 is 10.5. The number of carbonyl (C=O) groups is 1. The molecule has 23 heavy (non-hydrogen) atoms. The summed E-state index contributed by atoms with van der Waals surface area (Å²) in [5.74, 6) is 0.749. The number of hydrazone groups is 1. The number of amides is 1. The first-order valence-corrected chi connectivity index (χ1v) is 7.25. The maximum Gasteiger partial charge on any atom is 0.272 e. The van der Waals surface area contributed by atoms with Crippen molar-refractivity contribution in [3.63, 3.8) is 0 Å². The van der Waals surface area contributed by atoms with Gasteiger partial charge in [-0.05, 0) is 36.8 Å². The summed E-state index contributed by atoms with van der Waals surface area (Å²) in [6.45, 7) is 1.90. The van der Waals surface area contributed by atoms with Crippen molar-refractivity contribution in [3.05, 3.63) is 58.1 Å². The van der Waals surface area contributed by atoms with Gasteiger partial charge in [0.1, 0.15) is 0 Å². The SMILES string of the molecule is COc1cccc(C=NNC(=O)c2ccc(C)cc2Cl)c1OC. The molecular weight excluding hydrogens is 316 g/mol. The predicted octanol–water partition coefficient (Wildman–Crippen LogP) is 3.43. The fourth-order valence-electron chi connectivity index (χ4n) is 2.04. The van der Waals surface area contributed by atoms with Crippen LogP contribution in [0.4, 0.5) is 0 Å². The number of halogens is 1. The van der Waals surface area contributed by atoms with E-state index in [0.717, 1.165) is 5.56 Å². The highest BCUT2D eigenvalue weighted by molar-refractivity contribution is 6.33. The summed E-state index contributed by atoms with van der Waals surface area (Å²) in [6.07, 6.45) is 1.49. The number of benzene rings is 2. The molecule has 120 valence electrons. The van der Waals surface area contributed by atoms with Gasteiger partial charge in [0.2, 0.25) is 0 Å². The lowest BCUT2D eigenvalue weighted by Crippen LogP contribution is -2.18. The quantitative estimate of drug-likeness (QED) is 0.674. The summed E-state index contributed by atoms with van der Waals surface area (Å²) in [7, 11) is 3.10. The van der Waals surface area contributed by atoms with Crippen LogP contribution >= 0.6 is 11.6 Å². The standard InChI is InChI=1S/C17H17ClN2O3/c1-11-7-8-13(14(18)9-11)17(21)20-19-10-12-5-4-6-15(22-2)16(12)23-3/h4-10H,1-3H3,(H,20,21). The molecule has 0 bridgehead atoms. The van der Waals surface area contributed by atoms with E-state index in [2.05, 4.69) is 10.5 Å². The Labute approximate surface area is 139 Å². The second kappa shape index (κ2) is 7.65. The third kappa shape index (κ3) is 4.02. The van der Waals surface area contributed by atoms with Gasteiger partial charge in [-0.1, -0.05) is 23.7 Å². The number of rotatable bonds is 5. The molecule has 0 unspecified atom stereocenters. The Morgan fingerprint density at radius 1 is 1.22 bits per heavy atom. The van der Waals surface area contributed by atoms with Crippen molar-refractivity contribution in [2.75, 3.05) is 14.2 Å². The molecule has 0 radical (unpaired) electrons. The van der Waals surface area contributed by atoms with Crippen molar-refractivity contribution < 1.29 is 14.3 Å². The first-order chi connectivity index (χ1) is 11.1. The minimum Gasteiger partial charge on any atom is -0.493 e. The van der Waals surface area contributed by atoms with E-state index in [9.17, 15) is 4.79 Å². The van der Waals surface area contributed by atoms with Crippen LogP contribution in [0.1, 0.15) is 21.5 Å². The van der Waals surface area contributed by atoms with Crippen molar-refractivity contribution in [2.45, 2.75) is 6.92 Å². The van der Waals surface area contributed by atoms with Crippen LogP contribution in [-0.4, -0.2) is 26.3 Å². The molecule has 1 N–H and O–H groups in total. The first kappa shape index (κ1) is 16.8. The van der Waals surface area contributed by atoms with Gasteiger partial charge in [0, 0.05) is 5.56 Å². The highest BCUT2D eigenvalue weighted by Crippen LogP contribution is 2.29. The lowest BCUT2D eigenvalue weighted by molar-refractivity contribution is 0.0955. The van der Waals surface area contributed by atoms with E-state index < -0.39 is 0 Å². The summed E-state index contributed by atoms with van der Waals surface area (Å²) in [5, 5.41) is 4.33. The first-order valence-electron chi connectivity index (χ1n) is 6.87. The van der Waals surface area contributed by atoms with Crippen molar-refractivity contribution >= 4 is 23.7 Å². The van der Waals surface area contributed by atoms with Crippen LogP contribution < -0.4 is 14.9 Å². The molecule has 0 spiro atoms. The van der Waals surface area contributed by atoms with Gasteiger partial charge in [-0.25, -0.2) is 5.43 Å². The lowest BCUT2D eigenvalue weighted by Gasteiger charge is -2.09. The van der Waals surface area contributed by atoms with Crippen molar-refractivity contribution in [1.29, 1.82) is 0 Å². The van der Waals surface area contributed by atoms with Gasteiger partial charge in [-0.15, -0.1) is 0 Å². The van der Waals surface area contributed by atoms with E-state index in [1.807, 2.05) is 13.0 Å². The van der Waals surface area contributed by atoms with Gasteiger partial charge in [-0.3, -0.25) is 4.79 Å². The molecule has 2 rings (SSSR count). The van der Waals surface area contributed by atoms with Gasteiger partial charge >= 0.3 is 0 Å². The van der Waals surface area contributed by atoms with Crippen LogP contribution in [0.2, 0.25) is 5.02 Å². The summed E-state index contributed by atoms with van der Waals surface area (Å²) in [6, 6.07) is 10.6. The fraction of sp³-hybridized carbons (Fsp3) is 0.176. The second-order valence-electron chi connectivity index (χ2n) is 4.77. The number of nitrogens with one attached hydrogen (secondary N) is 1. The zero-order valence-corrected chi connectivity index (χ0v) is 13.8. The summed E-state index contributed by atoms with van der Waals surface area (Å²) in [5.41, 5.74) is 4.48. The second-order valence-corrected chi connectivity index (χ2v) is 5.17. The van der Waals surface area contributed by atoms with E-state index in [1.165, 1.54) is 6.21 Å². The average Bonchev–Trinajstić information content (AvgIpc) is 2.54. The Balaban J connectivity index is 2.14. The van der Waals surface area contributed by atoms with Gasteiger partial charge in [-0.2, -0.15) is 5.10 Å². The molecule has 1 amide bonds. The summed E-state index contributed by atoms with van der Waals surface area (Å²) >= 11 is 6.06. The molecule has 0 aliphatic carbocycles. The third-order valence-electron chi connectivity index (χ3n) is 3.17. The van der Waals surface area contributed by atoms with Gasteiger partial charge in [0.15, 0.2) is 11.5 Å². The number of carbonyl (C=O) groups excluding carboxylic acids is 1. The van der Waals surface area contributed by atoms with Crippen LogP contribution in [-0.2, 0) is 0 Å². The number of methoxy groups -OCH3 is 2. The molecule has 0 aliphatic rings. The van der Waals surface area contributed by atoms with Crippen LogP contribution in [0.5, 0.6) is 11.5 Å². The number of aryl methyl sites for hydroxylation is 1. The van der Waals surface area contributed by atoms with Gasteiger partial charge in [0.25, 0.3) is 5.91 Å². The highest BCUT2D eigenvalue weighted by atomic mass is 35.5. The lowest BCUT2D eigenvalue weighted by atomic mass is 10.1. The van der Waals surface area contributed by atoms with Crippen molar-refractivity contribution in [3.8, 4) is 11.5 Å². The minimum absolute atomic E-state index is 0.368. The molecule has 0 fully saturated rings. The zero-order valence-electron chi connectivity index (χ0n) is 13.1. The molecule has 0 aliphatic heterocycles. The van der Waals surface area contributed by atoms with Crippen LogP contribution in [0.3, 0.4) is 0 Å². The van der Waals surface area contributed by atoms with E-state index >= 15 is 0 Å². The maximum absolute atomic E-state index is 12.1. The Morgan fingerprint density at radius 2 is 2.00 bits per heavy atom. The largest absolute Gasteiger partial charge is 0.493 e. The molecule has 0 saturated carbocycles. The molecule has 5 nitrogen and oxygen atoms in total. The Hall–Kier alpha value is -2.53. The topological polar surface area (TPSA) is 59.9 Å². The van der Waals surface area contributed by atoms with Crippen molar-refractivity contribution in [1.82, 2.24) is 5.43 Å². The summed E-state index contributed by atoms with van der Waals surface area (Å²) in [4.78, 5) is 12.1. The molecule has 0 aromatic heterocycles. The average molecular weight is 333 g/mol.